The van der Waals surface area contributed by atoms with Crippen molar-refractivity contribution in [3.63, 3.8) is 0 Å². The van der Waals surface area contributed by atoms with Crippen LogP contribution in [0.5, 0.6) is 0 Å². The first-order valence-corrected chi connectivity index (χ1v) is 8.37. The Morgan fingerprint density at radius 3 is 2.37 bits per heavy atom. The molecule has 0 aliphatic rings. The fourth-order valence-electron chi connectivity index (χ4n) is 2.21. The van der Waals surface area contributed by atoms with E-state index in [0.29, 0.717) is 6.04 Å². The zero-order valence-electron chi connectivity index (χ0n) is 13.3. The van der Waals surface area contributed by atoms with E-state index < -0.39 is 0 Å². The first-order valence-electron chi connectivity index (χ1n) is 8.37. The third-order valence-electron chi connectivity index (χ3n) is 3.73. The van der Waals surface area contributed by atoms with Gasteiger partial charge in [-0.25, -0.2) is 0 Å². The second kappa shape index (κ2) is 13.9. The lowest BCUT2D eigenvalue weighted by Crippen LogP contribution is -2.19. The molecule has 19 heavy (non-hydrogen) atoms. The van der Waals surface area contributed by atoms with Crippen LogP contribution in [-0.2, 0) is 0 Å². The maximum Gasteiger partial charge on any atom is 0.0143 e. The molecule has 0 saturated heterocycles. The molecule has 0 spiro atoms. The Morgan fingerprint density at radius 2 is 1.68 bits per heavy atom. The van der Waals surface area contributed by atoms with Gasteiger partial charge in [-0.1, -0.05) is 59.0 Å². The summed E-state index contributed by atoms with van der Waals surface area (Å²) in [6.07, 6.45) is 14.0. The second-order valence-electron chi connectivity index (χ2n) is 5.71. The normalized spacial score (nSPS) is 12.4. The van der Waals surface area contributed by atoms with Gasteiger partial charge in [-0.3, -0.25) is 0 Å². The van der Waals surface area contributed by atoms with E-state index in [0.717, 1.165) is 25.8 Å². The molecule has 0 amide bonds. The molecule has 2 nitrogen and oxygen atoms in total. The SMILES string of the molecule is C=C(CCCCCCCC)NCCCCC(N)CC. The number of hydrogen-bond donors (Lipinski definition) is 2. The van der Waals surface area contributed by atoms with Crippen molar-refractivity contribution in [2.24, 2.45) is 5.73 Å². The first-order chi connectivity index (χ1) is 9.20. The van der Waals surface area contributed by atoms with Crippen LogP contribution >= 0.6 is 0 Å². The van der Waals surface area contributed by atoms with E-state index in [4.69, 9.17) is 5.73 Å². The molecule has 0 aliphatic carbocycles. The van der Waals surface area contributed by atoms with Crippen molar-refractivity contribution >= 4 is 0 Å². The van der Waals surface area contributed by atoms with Gasteiger partial charge >= 0.3 is 0 Å². The lowest BCUT2D eigenvalue weighted by Gasteiger charge is -2.11. The average Bonchev–Trinajstić information content (AvgIpc) is 2.42. The zero-order valence-corrected chi connectivity index (χ0v) is 13.3. The topological polar surface area (TPSA) is 38.0 Å². The third-order valence-corrected chi connectivity index (χ3v) is 3.73. The Bertz CT molecular complexity index is 201. The molecule has 0 fully saturated rings. The van der Waals surface area contributed by atoms with Gasteiger partial charge in [0, 0.05) is 18.3 Å². The Morgan fingerprint density at radius 1 is 1.00 bits per heavy atom. The summed E-state index contributed by atoms with van der Waals surface area (Å²) in [4.78, 5) is 0. The number of unbranched alkanes of at least 4 members (excludes halogenated alkanes) is 6. The monoisotopic (exact) mass is 268 g/mol. The smallest absolute Gasteiger partial charge is 0.0143 e. The molecule has 0 radical (unpaired) electrons. The molecule has 0 rings (SSSR count). The summed E-state index contributed by atoms with van der Waals surface area (Å²) in [7, 11) is 0. The van der Waals surface area contributed by atoms with Gasteiger partial charge in [0.1, 0.15) is 0 Å². The van der Waals surface area contributed by atoms with E-state index >= 15 is 0 Å². The summed E-state index contributed by atoms with van der Waals surface area (Å²) in [5, 5.41) is 3.44. The minimum atomic E-state index is 0.395. The van der Waals surface area contributed by atoms with Crippen molar-refractivity contribution in [3.8, 4) is 0 Å². The summed E-state index contributed by atoms with van der Waals surface area (Å²) < 4.78 is 0. The molecule has 0 bridgehead atoms. The fraction of sp³-hybridized carbons (Fsp3) is 0.882. The van der Waals surface area contributed by atoms with E-state index in [1.54, 1.807) is 0 Å². The van der Waals surface area contributed by atoms with Gasteiger partial charge in [-0.15, -0.1) is 0 Å². The number of allylic oxidation sites excluding steroid dienone is 1. The highest BCUT2D eigenvalue weighted by molar-refractivity contribution is 4.90. The van der Waals surface area contributed by atoms with Crippen molar-refractivity contribution in [2.75, 3.05) is 6.54 Å². The van der Waals surface area contributed by atoms with E-state index in [9.17, 15) is 0 Å². The van der Waals surface area contributed by atoms with Gasteiger partial charge in [-0.05, 0) is 32.1 Å². The minimum absolute atomic E-state index is 0.395. The molecule has 114 valence electrons. The van der Waals surface area contributed by atoms with Gasteiger partial charge in [0.15, 0.2) is 0 Å². The molecule has 0 aromatic rings. The Balaban J connectivity index is 3.21. The van der Waals surface area contributed by atoms with Gasteiger partial charge in [0.25, 0.3) is 0 Å². The molecule has 0 aliphatic heterocycles. The summed E-state index contributed by atoms with van der Waals surface area (Å²) in [5.74, 6) is 0. The summed E-state index contributed by atoms with van der Waals surface area (Å²) in [5.41, 5.74) is 7.11. The van der Waals surface area contributed by atoms with Gasteiger partial charge in [0.2, 0.25) is 0 Å². The number of rotatable bonds is 14. The highest BCUT2D eigenvalue weighted by Crippen LogP contribution is 2.09. The molecule has 0 aromatic carbocycles. The zero-order chi connectivity index (χ0) is 14.3. The van der Waals surface area contributed by atoms with Crippen LogP contribution in [0, 0.1) is 0 Å². The quantitative estimate of drug-likeness (QED) is 0.446. The van der Waals surface area contributed by atoms with Crippen LogP contribution in [-0.4, -0.2) is 12.6 Å². The van der Waals surface area contributed by atoms with Crippen molar-refractivity contribution in [3.05, 3.63) is 12.3 Å². The second-order valence-corrected chi connectivity index (χ2v) is 5.71. The van der Waals surface area contributed by atoms with Crippen molar-refractivity contribution < 1.29 is 0 Å². The van der Waals surface area contributed by atoms with Gasteiger partial charge in [0.05, 0.1) is 0 Å². The predicted molar refractivity (Wildman–Crippen MR) is 87.3 cm³/mol. The Kier molecular flexibility index (Phi) is 13.6. The molecule has 0 heterocycles. The summed E-state index contributed by atoms with van der Waals surface area (Å²) in [6, 6.07) is 0.395. The molecular weight excluding hydrogens is 232 g/mol. The van der Waals surface area contributed by atoms with Crippen LogP contribution in [0.25, 0.3) is 0 Å². The van der Waals surface area contributed by atoms with Gasteiger partial charge in [-0.2, -0.15) is 0 Å². The van der Waals surface area contributed by atoms with Crippen LogP contribution in [0.2, 0.25) is 0 Å². The molecule has 2 heteroatoms. The predicted octanol–water partition coefficient (Wildman–Crippen LogP) is 4.75. The highest BCUT2D eigenvalue weighted by atomic mass is 14.9. The Hall–Kier alpha value is -0.500. The largest absolute Gasteiger partial charge is 0.389 e. The number of hydrogen-bond acceptors (Lipinski definition) is 2. The maximum absolute atomic E-state index is 5.89. The summed E-state index contributed by atoms with van der Waals surface area (Å²) in [6.45, 7) is 9.58. The Labute approximate surface area is 121 Å². The lowest BCUT2D eigenvalue weighted by atomic mass is 10.1. The van der Waals surface area contributed by atoms with Crippen LogP contribution in [0.4, 0.5) is 0 Å². The minimum Gasteiger partial charge on any atom is -0.389 e. The first kappa shape index (κ1) is 18.5. The number of nitrogens with one attached hydrogen (secondary N) is 1. The van der Waals surface area contributed by atoms with E-state index in [-0.39, 0.29) is 0 Å². The van der Waals surface area contributed by atoms with E-state index in [2.05, 4.69) is 25.7 Å². The highest BCUT2D eigenvalue weighted by Gasteiger charge is 1.99. The molecule has 0 saturated carbocycles. The van der Waals surface area contributed by atoms with Crippen LogP contribution in [0.1, 0.15) is 84.5 Å². The molecule has 3 N–H and O–H groups in total. The molecule has 0 aromatic heterocycles. The van der Waals surface area contributed by atoms with Crippen LogP contribution in [0.15, 0.2) is 12.3 Å². The molecular formula is C17H36N2. The summed E-state index contributed by atoms with van der Waals surface area (Å²) >= 11 is 0. The maximum atomic E-state index is 5.89. The van der Waals surface area contributed by atoms with E-state index in [1.807, 2.05) is 0 Å². The fourth-order valence-corrected chi connectivity index (χ4v) is 2.21. The van der Waals surface area contributed by atoms with Crippen molar-refractivity contribution in [2.45, 2.75) is 90.5 Å². The molecule has 1 unspecified atom stereocenters. The number of nitrogens with two attached hydrogens (primary N) is 1. The third kappa shape index (κ3) is 13.7. The lowest BCUT2D eigenvalue weighted by molar-refractivity contribution is 0.538. The van der Waals surface area contributed by atoms with Crippen LogP contribution < -0.4 is 11.1 Å². The standard InChI is InChI=1S/C17H36N2/c1-4-6-7-8-9-10-13-16(3)19-15-12-11-14-17(18)5-2/h17,19H,3-15,18H2,1-2H3. The van der Waals surface area contributed by atoms with E-state index in [1.165, 1.54) is 57.1 Å². The molecule has 1 atom stereocenters. The van der Waals surface area contributed by atoms with Crippen LogP contribution in [0.3, 0.4) is 0 Å². The van der Waals surface area contributed by atoms with Gasteiger partial charge < -0.3 is 11.1 Å². The van der Waals surface area contributed by atoms with Crippen molar-refractivity contribution in [1.82, 2.24) is 5.32 Å². The van der Waals surface area contributed by atoms with Crippen molar-refractivity contribution in [1.29, 1.82) is 0 Å². The average molecular weight is 268 g/mol.